The Labute approximate surface area is 131 Å². The van der Waals surface area contributed by atoms with Crippen molar-refractivity contribution in [1.29, 1.82) is 0 Å². The van der Waals surface area contributed by atoms with Gasteiger partial charge in [0.25, 0.3) is 0 Å². The molecule has 3 N–H and O–H groups in total. The number of nitrogens with two attached hydrogens (primary N) is 1. The quantitative estimate of drug-likeness (QED) is 0.658. The van der Waals surface area contributed by atoms with Crippen molar-refractivity contribution in [1.82, 2.24) is 10.2 Å². The van der Waals surface area contributed by atoms with Gasteiger partial charge in [0.05, 0.1) is 24.1 Å². The minimum Gasteiger partial charge on any atom is -0.383 e. The first kappa shape index (κ1) is 18.6. The first-order valence-electron chi connectivity index (χ1n) is 6.85. The minimum atomic E-state index is -3.70. The number of sulfonamides is 1. The van der Waals surface area contributed by atoms with E-state index in [1.807, 2.05) is 6.92 Å². The standard InChI is InChI=1S/C14H23N3O4S/c1-11(17(2)14(18)10-16-8-9-21-3)12-4-6-13(7-5-12)22(15,19)20/h4-7,11,16H,8-10H2,1-3H3,(H2,15,19,20). The van der Waals surface area contributed by atoms with E-state index in [1.165, 1.54) is 12.1 Å². The molecule has 0 aliphatic heterocycles. The Kier molecular flexibility index (Phi) is 6.95. The Balaban J connectivity index is 2.66. The van der Waals surface area contributed by atoms with Crippen LogP contribution in [0.2, 0.25) is 0 Å². The summed E-state index contributed by atoms with van der Waals surface area (Å²) < 4.78 is 27.3. The molecule has 1 aromatic rings. The lowest BCUT2D eigenvalue weighted by Crippen LogP contribution is -2.38. The van der Waals surface area contributed by atoms with Crippen LogP contribution in [0, 0.1) is 0 Å². The van der Waals surface area contributed by atoms with Gasteiger partial charge in [-0.05, 0) is 24.6 Å². The van der Waals surface area contributed by atoms with Crippen molar-refractivity contribution in [3.05, 3.63) is 29.8 Å². The monoisotopic (exact) mass is 329 g/mol. The molecule has 0 saturated carbocycles. The molecule has 1 aromatic carbocycles. The number of nitrogens with one attached hydrogen (secondary N) is 1. The van der Waals surface area contributed by atoms with Crippen molar-refractivity contribution in [3.8, 4) is 0 Å². The van der Waals surface area contributed by atoms with Gasteiger partial charge in [0.2, 0.25) is 15.9 Å². The zero-order valence-electron chi connectivity index (χ0n) is 13.1. The van der Waals surface area contributed by atoms with Crippen molar-refractivity contribution >= 4 is 15.9 Å². The number of hydrogen-bond donors (Lipinski definition) is 2. The van der Waals surface area contributed by atoms with Gasteiger partial charge in [-0.15, -0.1) is 0 Å². The van der Waals surface area contributed by atoms with Gasteiger partial charge in [0, 0.05) is 20.7 Å². The summed E-state index contributed by atoms with van der Waals surface area (Å²) in [6.45, 7) is 3.24. The maximum absolute atomic E-state index is 12.1. The molecule has 0 aliphatic carbocycles. The third-order valence-electron chi connectivity index (χ3n) is 3.42. The summed E-state index contributed by atoms with van der Waals surface area (Å²) in [4.78, 5) is 13.7. The van der Waals surface area contributed by atoms with Crippen LogP contribution < -0.4 is 10.5 Å². The molecule has 22 heavy (non-hydrogen) atoms. The van der Waals surface area contributed by atoms with E-state index in [2.05, 4.69) is 5.32 Å². The number of rotatable bonds is 8. The van der Waals surface area contributed by atoms with E-state index in [0.29, 0.717) is 13.2 Å². The topological polar surface area (TPSA) is 102 Å². The molecule has 0 spiro atoms. The van der Waals surface area contributed by atoms with Crippen LogP contribution in [-0.2, 0) is 19.6 Å². The Morgan fingerprint density at radius 1 is 1.36 bits per heavy atom. The predicted octanol–water partition coefficient (Wildman–Crippen LogP) is 0.0894. The third-order valence-corrected chi connectivity index (χ3v) is 4.35. The highest BCUT2D eigenvalue weighted by molar-refractivity contribution is 7.89. The van der Waals surface area contributed by atoms with Crippen LogP contribution in [0.1, 0.15) is 18.5 Å². The molecular formula is C14H23N3O4S. The maximum Gasteiger partial charge on any atom is 0.238 e. The second-order valence-electron chi connectivity index (χ2n) is 4.96. The molecular weight excluding hydrogens is 306 g/mol. The summed E-state index contributed by atoms with van der Waals surface area (Å²) in [7, 11) is -0.395. The summed E-state index contributed by atoms with van der Waals surface area (Å²) in [6, 6.07) is 6.03. The summed E-state index contributed by atoms with van der Waals surface area (Å²) in [5.41, 5.74) is 0.833. The molecule has 0 aliphatic rings. The third kappa shape index (κ3) is 5.38. The molecule has 0 fully saturated rings. The van der Waals surface area contributed by atoms with Crippen LogP contribution in [-0.4, -0.2) is 53.1 Å². The van der Waals surface area contributed by atoms with E-state index < -0.39 is 10.0 Å². The predicted molar refractivity (Wildman–Crippen MR) is 83.7 cm³/mol. The Bertz CT molecular complexity index is 587. The van der Waals surface area contributed by atoms with E-state index in [9.17, 15) is 13.2 Å². The fraction of sp³-hybridized carbons (Fsp3) is 0.500. The number of amides is 1. The van der Waals surface area contributed by atoms with Crippen molar-refractivity contribution in [2.45, 2.75) is 17.9 Å². The summed E-state index contributed by atoms with van der Waals surface area (Å²) >= 11 is 0. The van der Waals surface area contributed by atoms with Crippen LogP contribution >= 0.6 is 0 Å². The van der Waals surface area contributed by atoms with Gasteiger partial charge in [-0.2, -0.15) is 0 Å². The highest BCUT2D eigenvalue weighted by Crippen LogP contribution is 2.20. The summed E-state index contributed by atoms with van der Waals surface area (Å²) in [5, 5.41) is 8.05. The maximum atomic E-state index is 12.1. The zero-order chi connectivity index (χ0) is 16.8. The van der Waals surface area contributed by atoms with Crippen LogP contribution in [0.5, 0.6) is 0 Å². The van der Waals surface area contributed by atoms with Gasteiger partial charge in [-0.3, -0.25) is 4.79 Å². The number of benzene rings is 1. The number of carbonyl (C=O) groups is 1. The Morgan fingerprint density at radius 2 is 1.95 bits per heavy atom. The van der Waals surface area contributed by atoms with Gasteiger partial charge in [0.1, 0.15) is 0 Å². The SMILES string of the molecule is COCCNCC(=O)N(C)C(C)c1ccc(S(N)(=O)=O)cc1. The van der Waals surface area contributed by atoms with Gasteiger partial charge in [-0.25, -0.2) is 13.6 Å². The first-order valence-corrected chi connectivity index (χ1v) is 8.40. The second kappa shape index (κ2) is 8.23. The Hall–Kier alpha value is -1.48. The highest BCUT2D eigenvalue weighted by Gasteiger charge is 2.17. The zero-order valence-corrected chi connectivity index (χ0v) is 13.9. The molecule has 1 amide bonds. The van der Waals surface area contributed by atoms with Gasteiger partial charge < -0.3 is 15.0 Å². The highest BCUT2D eigenvalue weighted by atomic mass is 32.2. The number of carbonyl (C=O) groups excluding carboxylic acids is 1. The van der Waals surface area contributed by atoms with Gasteiger partial charge >= 0.3 is 0 Å². The number of methoxy groups -OCH3 is 1. The van der Waals surface area contributed by atoms with E-state index in [4.69, 9.17) is 9.88 Å². The van der Waals surface area contributed by atoms with Crippen molar-refractivity contribution < 1.29 is 17.9 Å². The second-order valence-corrected chi connectivity index (χ2v) is 6.53. The van der Waals surface area contributed by atoms with Crippen LogP contribution in [0.15, 0.2) is 29.2 Å². The minimum absolute atomic E-state index is 0.0543. The lowest BCUT2D eigenvalue weighted by Gasteiger charge is -2.25. The normalized spacial score (nSPS) is 12.9. The summed E-state index contributed by atoms with van der Waals surface area (Å²) in [6.07, 6.45) is 0. The molecule has 1 unspecified atom stereocenters. The van der Waals surface area contributed by atoms with Crippen molar-refractivity contribution in [2.24, 2.45) is 5.14 Å². The molecule has 0 heterocycles. The molecule has 7 nitrogen and oxygen atoms in total. The molecule has 8 heteroatoms. The number of hydrogen-bond acceptors (Lipinski definition) is 5. The smallest absolute Gasteiger partial charge is 0.238 e. The Morgan fingerprint density at radius 3 is 2.45 bits per heavy atom. The summed E-state index contributed by atoms with van der Waals surface area (Å²) in [5.74, 6) is -0.0564. The van der Waals surface area contributed by atoms with Gasteiger partial charge in [0.15, 0.2) is 0 Å². The van der Waals surface area contributed by atoms with E-state index >= 15 is 0 Å². The molecule has 124 valence electrons. The van der Waals surface area contributed by atoms with Crippen LogP contribution in [0.4, 0.5) is 0 Å². The molecule has 1 rings (SSSR count). The van der Waals surface area contributed by atoms with E-state index in [-0.39, 0.29) is 23.4 Å². The molecule has 0 saturated heterocycles. The van der Waals surface area contributed by atoms with E-state index in [1.54, 1.807) is 31.2 Å². The largest absolute Gasteiger partial charge is 0.383 e. The van der Waals surface area contributed by atoms with Crippen LogP contribution in [0.25, 0.3) is 0 Å². The molecule has 1 atom stereocenters. The number of likely N-dealkylation sites (N-methyl/N-ethyl adjacent to an activating group) is 1. The average molecular weight is 329 g/mol. The lowest BCUT2D eigenvalue weighted by atomic mass is 10.1. The van der Waals surface area contributed by atoms with E-state index in [0.717, 1.165) is 5.56 Å². The van der Waals surface area contributed by atoms with Crippen molar-refractivity contribution in [2.75, 3.05) is 33.9 Å². The number of nitrogens with zero attached hydrogens (tertiary/aromatic N) is 1. The van der Waals surface area contributed by atoms with Crippen molar-refractivity contribution in [3.63, 3.8) is 0 Å². The average Bonchev–Trinajstić information content (AvgIpc) is 2.49. The number of ether oxygens (including phenoxy) is 1. The molecule has 0 bridgehead atoms. The van der Waals surface area contributed by atoms with Crippen LogP contribution in [0.3, 0.4) is 0 Å². The first-order chi connectivity index (χ1) is 10.3. The molecule has 0 aromatic heterocycles. The number of primary sulfonamides is 1. The van der Waals surface area contributed by atoms with Gasteiger partial charge in [-0.1, -0.05) is 12.1 Å². The molecule has 0 radical (unpaired) electrons. The lowest BCUT2D eigenvalue weighted by molar-refractivity contribution is -0.130. The fourth-order valence-corrected chi connectivity index (χ4v) is 2.39. The fourth-order valence-electron chi connectivity index (χ4n) is 1.87.